The number of hydrogen-bond donors (Lipinski definition) is 5. The number of ether oxygens (including phenoxy) is 1. The molecule has 0 aromatic heterocycles. The maximum atomic E-state index is 10.5. The Morgan fingerprint density at radius 2 is 1.03 bits per heavy atom. The van der Waals surface area contributed by atoms with Crippen molar-refractivity contribution in [1.29, 1.82) is 0 Å². The van der Waals surface area contributed by atoms with Crippen LogP contribution in [-0.2, 0) is 25.7 Å². The van der Waals surface area contributed by atoms with Gasteiger partial charge in [0.25, 0.3) is 0 Å². The zero-order valence-corrected chi connectivity index (χ0v) is 18.5. The number of hydrogen-bond acceptors (Lipinski definition) is 6. The van der Waals surface area contributed by atoms with Crippen molar-refractivity contribution >= 4 is 0 Å². The molecule has 0 heterocycles. The Bertz CT molecular complexity index is 1300. The minimum atomic E-state index is -0.244. The molecule has 4 aromatic rings. The molecular formula is C28H26O6. The van der Waals surface area contributed by atoms with Crippen molar-refractivity contribution in [2.45, 2.75) is 25.7 Å². The van der Waals surface area contributed by atoms with E-state index >= 15 is 0 Å². The van der Waals surface area contributed by atoms with Gasteiger partial charge in [0.2, 0.25) is 0 Å². The highest BCUT2D eigenvalue weighted by Gasteiger charge is 2.13. The summed E-state index contributed by atoms with van der Waals surface area (Å²) in [4.78, 5) is 0. The first-order chi connectivity index (χ1) is 16.4. The fourth-order valence-electron chi connectivity index (χ4n) is 3.80. The lowest BCUT2D eigenvalue weighted by Crippen LogP contribution is -1.95. The third kappa shape index (κ3) is 5.72. The molecule has 174 valence electrons. The molecule has 0 radical (unpaired) electrons. The number of phenols is 5. The zero-order chi connectivity index (χ0) is 24.1. The minimum Gasteiger partial charge on any atom is -0.508 e. The fraction of sp³-hybridized carbons (Fsp3) is 0.143. The molecule has 0 fully saturated rings. The molecule has 0 spiro atoms. The van der Waals surface area contributed by atoms with Crippen molar-refractivity contribution in [2.75, 3.05) is 0 Å². The molecule has 0 saturated carbocycles. The Labute approximate surface area is 197 Å². The van der Waals surface area contributed by atoms with Gasteiger partial charge in [-0.05, 0) is 90.4 Å². The summed E-state index contributed by atoms with van der Waals surface area (Å²) in [7, 11) is 0. The summed E-state index contributed by atoms with van der Waals surface area (Å²) in [6.07, 6.45) is 2.41. The molecule has 0 aliphatic carbocycles. The Kier molecular flexibility index (Phi) is 6.78. The minimum absolute atomic E-state index is 0.0588. The second-order valence-corrected chi connectivity index (χ2v) is 8.19. The molecule has 6 heteroatoms. The van der Waals surface area contributed by atoms with Crippen molar-refractivity contribution < 1.29 is 30.3 Å². The second kappa shape index (κ2) is 10.1. The summed E-state index contributed by atoms with van der Waals surface area (Å²) in [5.41, 5.74) is 3.37. The van der Waals surface area contributed by atoms with Gasteiger partial charge in [0.05, 0.1) is 0 Å². The summed E-state index contributed by atoms with van der Waals surface area (Å²) < 4.78 is 5.76. The zero-order valence-electron chi connectivity index (χ0n) is 18.5. The quantitative estimate of drug-likeness (QED) is 0.236. The van der Waals surface area contributed by atoms with E-state index in [1.165, 1.54) is 6.07 Å². The van der Waals surface area contributed by atoms with Gasteiger partial charge in [0, 0.05) is 6.07 Å². The summed E-state index contributed by atoms with van der Waals surface area (Å²) >= 11 is 0. The fourth-order valence-corrected chi connectivity index (χ4v) is 3.80. The Morgan fingerprint density at radius 1 is 0.471 bits per heavy atom. The molecule has 0 bridgehead atoms. The van der Waals surface area contributed by atoms with E-state index in [1.807, 2.05) is 18.2 Å². The van der Waals surface area contributed by atoms with Crippen LogP contribution in [-0.4, -0.2) is 25.5 Å². The molecule has 0 saturated heterocycles. The van der Waals surface area contributed by atoms with Crippen LogP contribution < -0.4 is 4.74 Å². The van der Waals surface area contributed by atoms with E-state index in [1.54, 1.807) is 54.6 Å². The largest absolute Gasteiger partial charge is 0.508 e. The first-order valence-corrected chi connectivity index (χ1v) is 11.0. The molecular weight excluding hydrogens is 432 g/mol. The molecule has 34 heavy (non-hydrogen) atoms. The summed E-state index contributed by atoms with van der Waals surface area (Å²) in [6.45, 7) is 0. The van der Waals surface area contributed by atoms with Gasteiger partial charge >= 0.3 is 0 Å². The van der Waals surface area contributed by atoms with Gasteiger partial charge in [0.15, 0.2) is 23.0 Å². The van der Waals surface area contributed by atoms with Crippen LogP contribution >= 0.6 is 0 Å². The van der Waals surface area contributed by atoms with E-state index in [0.717, 1.165) is 16.7 Å². The van der Waals surface area contributed by atoms with E-state index in [-0.39, 0.29) is 40.2 Å². The Hall–Kier alpha value is -4.32. The van der Waals surface area contributed by atoms with E-state index in [4.69, 9.17) is 4.74 Å². The number of aromatic hydroxyl groups is 5. The van der Waals surface area contributed by atoms with Gasteiger partial charge in [-0.25, -0.2) is 0 Å². The molecule has 4 aromatic carbocycles. The highest BCUT2D eigenvalue weighted by molar-refractivity contribution is 5.53. The average Bonchev–Trinajstić information content (AvgIpc) is 2.80. The van der Waals surface area contributed by atoms with Crippen molar-refractivity contribution in [3.63, 3.8) is 0 Å². The van der Waals surface area contributed by atoms with Crippen molar-refractivity contribution in [2.24, 2.45) is 0 Å². The number of benzene rings is 4. The van der Waals surface area contributed by atoms with Crippen LogP contribution in [0.1, 0.15) is 22.3 Å². The molecule has 6 nitrogen and oxygen atoms in total. The molecule has 0 aliphatic rings. The highest BCUT2D eigenvalue weighted by Crippen LogP contribution is 2.39. The second-order valence-electron chi connectivity index (χ2n) is 8.19. The van der Waals surface area contributed by atoms with E-state index < -0.39 is 0 Å². The van der Waals surface area contributed by atoms with Gasteiger partial charge in [-0.1, -0.05) is 30.3 Å². The monoisotopic (exact) mass is 458 g/mol. The first kappa shape index (κ1) is 22.9. The Balaban J connectivity index is 1.45. The van der Waals surface area contributed by atoms with Gasteiger partial charge < -0.3 is 30.3 Å². The van der Waals surface area contributed by atoms with Crippen LogP contribution in [0.2, 0.25) is 0 Å². The smallest absolute Gasteiger partial charge is 0.169 e. The van der Waals surface area contributed by atoms with Crippen LogP contribution in [0.25, 0.3) is 0 Å². The maximum Gasteiger partial charge on any atom is 0.169 e. The van der Waals surface area contributed by atoms with Gasteiger partial charge in [0.1, 0.15) is 17.2 Å². The topological polar surface area (TPSA) is 110 Å². The van der Waals surface area contributed by atoms with E-state index in [9.17, 15) is 25.5 Å². The standard InChI is InChI=1S/C28H26O6/c29-22-5-1-3-18(13-22)7-8-20-10-12-27(25(32)15-20)34-28-16-21(24(31)17-26(28)33)11-9-19-4-2-6-23(30)14-19/h1-6,10,12-17,29-33H,7-9,11H2. The number of phenolic OH excluding ortho intramolecular Hbond substituents is 5. The molecule has 5 N–H and O–H groups in total. The predicted molar refractivity (Wildman–Crippen MR) is 129 cm³/mol. The number of aryl methyl sites for hydroxylation is 4. The highest BCUT2D eigenvalue weighted by atomic mass is 16.5. The maximum absolute atomic E-state index is 10.5. The summed E-state index contributed by atoms with van der Waals surface area (Å²) in [5.74, 6) is 0.327. The molecule has 0 atom stereocenters. The van der Waals surface area contributed by atoms with Crippen molar-refractivity contribution in [3.05, 3.63) is 101 Å². The van der Waals surface area contributed by atoms with Crippen LogP contribution in [0.4, 0.5) is 0 Å². The lowest BCUT2D eigenvalue weighted by molar-refractivity contribution is 0.380. The van der Waals surface area contributed by atoms with Gasteiger partial charge in [-0.2, -0.15) is 0 Å². The summed E-state index contributed by atoms with van der Waals surface area (Å²) in [5, 5.41) is 50.2. The SMILES string of the molecule is Oc1cccc(CCc2ccc(Oc3cc(CCc4cccc(O)c4)c(O)cc3O)c(O)c2)c1. The van der Waals surface area contributed by atoms with Crippen LogP contribution in [0.5, 0.6) is 40.2 Å². The Morgan fingerprint density at radius 3 is 1.62 bits per heavy atom. The normalized spacial score (nSPS) is 10.8. The third-order valence-electron chi connectivity index (χ3n) is 5.61. The number of rotatable bonds is 8. The lowest BCUT2D eigenvalue weighted by Gasteiger charge is -2.13. The van der Waals surface area contributed by atoms with E-state index in [0.29, 0.717) is 31.2 Å². The van der Waals surface area contributed by atoms with Crippen LogP contribution in [0.15, 0.2) is 78.9 Å². The molecule has 4 rings (SSSR count). The van der Waals surface area contributed by atoms with Crippen molar-refractivity contribution in [1.82, 2.24) is 0 Å². The first-order valence-electron chi connectivity index (χ1n) is 11.0. The van der Waals surface area contributed by atoms with E-state index in [2.05, 4.69) is 0 Å². The van der Waals surface area contributed by atoms with Crippen LogP contribution in [0.3, 0.4) is 0 Å². The molecule has 0 aliphatic heterocycles. The van der Waals surface area contributed by atoms with Crippen molar-refractivity contribution in [3.8, 4) is 40.2 Å². The molecule has 0 amide bonds. The third-order valence-corrected chi connectivity index (χ3v) is 5.61. The predicted octanol–water partition coefficient (Wildman–Crippen LogP) is 5.58. The average molecular weight is 459 g/mol. The van der Waals surface area contributed by atoms with Crippen LogP contribution in [0, 0.1) is 0 Å². The summed E-state index contributed by atoms with van der Waals surface area (Å²) in [6, 6.07) is 21.8. The van der Waals surface area contributed by atoms with Gasteiger partial charge in [-0.15, -0.1) is 0 Å². The lowest BCUT2D eigenvalue weighted by atomic mass is 10.0. The van der Waals surface area contributed by atoms with Gasteiger partial charge in [-0.3, -0.25) is 0 Å². The molecule has 0 unspecified atom stereocenters.